The van der Waals surface area contributed by atoms with E-state index in [0.29, 0.717) is 0 Å². The summed E-state index contributed by atoms with van der Waals surface area (Å²) in [6.45, 7) is 6.25. The van der Waals surface area contributed by atoms with E-state index in [1.54, 1.807) is 0 Å². The third-order valence-electron chi connectivity index (χ3n) is 8.28. The predicted molar refractivity (Wildman–Crippen MR) is 146 cm³/mol. The molecule has 2 saturated carbocycles. The first-order valence-corrected chi connectivity index (χ1v) is 15.2. The smallest absolute Gasteiger partial charge is 0.00767 e. The molecule has 4 heteroatoms. The Balaban J connectivity index is 1.52. The van der Waals surface area contributed by atoms with Crippen LogP contribution in [0.5, 0.6) is 0 Å². The van der Waals surface area contributed by atoms with Gasteiger partial charge in [0.1, 0.15) is 0 Å². The normalized spacial score (nSPS) is 18.4. The van der Waals surface area contributed by atoms with Crippen molar-refractivity contribution in [1.82, 2.24) is 16.0 Å². The lowest BCUT2D eigenvalue weighted by molar-refractivity contribution is 0.315. The summed E-state index contributed by atoms with van der Waals surface area (Å²) < 4.78 is 0. The summed E-state index contributed by atoms with van der Waals surface area (Å²) in [7, 11) is 0. The van der Waals surface area contributed by atoms with Crippen LogP contribution in [0.4, 0.5) is 0 Å². The van der Waals surface area contributed by atoms with E-state index in [-0.39, 0.29) is 0 Å². The van der Waals surface area contributed by atoms with E-state index < -0.39 is 0 Å². The SMILES string of the molecule is NCCCNCCNCCCNC(CCCCC1CCCCC1)CCCCC1CCCCC1. The van der Waals surface area contributed by atoms with Crippen LogP contribution in [0.1, 0.15) is 128 Å². The van der Waals surface area contributed by atoms with Gasteiger partial charge >= 0.3 is 0 Å². The molecule has 5 N–H and O–H groups in total. The maximum Gasteiger partial charge on any atom is 0.00767 e. The molecule has 2 fully saturated rings. The Morgan fingerprint density at radius 2 is 1.06 bits per heavy atom. The van der Waals surface area contributed by atoms with Crippen molar-refractivity contribution in [2.45, 2.75) is 134 Å². The van der Waals surface area contributed by atoms with Gasteiger partial charge in [0.2, 0.25) is 0 Å². The summed E-state index contributed by atoms with van der Waals surface area (Å²) in [5.74, 6) is 2.10. The van der Waals surface area contributed by atoms with Gasteiger partial charge in [0, 0.05) is 19.1 Å². The number of nitrogens with one attached hydrogen (secondary N) is 3. The van der Waals surface area contributed by atoms with Crippen LogP contribution in [0, 0.1) is 11.8 Å². The summed E-state index contributed by atoms with van der Waals surface area (Å²) in [6.07, 6.45) is 28.9. The molecule has 0 bridgehead atoms. The summed E-state index contributed by atoms with van der Waals surface area (Å²) in [6, 6.07) is 0.751. The van der Waals surface area contributed by atoms with E-state index in [1.165, 1.54) is 129 Å². The van der Waals surface area contributed by atoms with Crippen molar-refractivity contribution in [3.63, 3.8) is 0 Å². The molecule has 2 rings (SSSR count). The lowest BCUT2D eigenvalue weighted by atomic mass is 9.85. The summed E-state index contributed by atoms with van der Waals surface area (Å²) >= 11 is 0. The van der Waals surface area contributed by atoms with Gasteiger partial charge in [-0.25, -0.2) is 0 Å². The van der Waals surface area contributed by atoms with Crippen LogP contribution in [0.25, 0.3) is 0 Å². The topological polar surface area (TPSA) is 62.1 Å². The first-order valence-electron chi connectivity index (χ1n) is 15.2. The highest BCUT2D eigenvalue weighted by atomic mass is 14.9. The zero-order chi connectivity index (χ0) is 23.2. The van der Waals surface area contributed by atoms with Crippen LogP contribution in [0.2, 0.25) is 0 Å². The van der Waals surface area contributed by atoms with Crippen molar-refractivity contribution in [3.05, 3.63) is 0 Å². The second kappa shape index (κ2) is 21.1. The summed E-state index contributed by atoms with van der Waals surface area (Å²) in [5, 5.41) is 11.0. The Labute approximate surface area is 207 Å². The number of rotatable bonds is 21. The monoisotopic (exact) mass is 464 g/mol. The number of hydrogen-bond donors (Lipinski definition) is 4. The van der Waals surface area contributed by atoms with Gasteiger partial charge in [-0.05, 0) is 63.7 Å². The fourth-order valence-corrected chi connectivity index (χ4v) is 6.12. The second-order valence-corrected chi connectivity index (χ2v) is 11.2. The van der Waals surface area contributed by atoms with Crippen LogP contribution in [0.15, 0.2) is 0 Å². The van der Waals surface area contributed by atoms with Gasteiger partial charge in [-0.2, -0.15) is 0 Å². The third kappa shape index (κ3) is 16.2. The van der Waals surface area contributed by atoms with E-state index in [4.69, 9.17) is 5.73 Å². The van der Waals surface area contributed by atoms with Crippen LogP contribution in [-0.4, -0.2) is 45.3 Å². The average molecular weight is 465 g/mol. The van der Waals surface area contributed by atoms with Crippen LogP contribution in [-0.2, 0) is 0 Å². The van der Waals surface area contributed by atoms with Gasteiger partial charge in [0.15, 0.2) is 0 Å². The Morgan fingerprint density at radius 3 is 1.58 bits per heavy atom. The van der Waals surface area contributed by atoms with Crippen molar-refractivity contribution >= 4 is 0 Å². The van der Waals surface area contributed by atoms with Gasteiger partial charge in [0.05, 0.1) is 0 Å². The lowest BCUT2D eigenvalue weighted by Crippen LogP contribution is -2.33. The fourth-order valence-electron chi connectivity index (χ4n) is 6.12. The van der Waals surface area contributed by atoms with Crippen LogP contribution >= 0.6 is 0 Å². The largest absolute Gasteiger partial charge is 0.330 e. The highest BCUT2D eigenvalue weighted by Gasteiger charge is 2.15. The first kappa shape index (κ1) is 29.1. The average Bonchev–Trinajstić information content (AvgIpc) is 2.86. The molecule has 0 spiro atoms. The maximum absolute atomic E-state index is 5.53. The molecule has 0 amide bonds. The van der Waals surface area contributed by atoms with E-state index in [2.05, 4.69) is 16.0 Å². The third-order valence-corrected chi connectivity index (χ3v) is 8.28. The predicted octanol–water partition coefficient (Wildman–Crippen LogP) is 6.14. The molecule has 33 heavy (non-hydrogen) atoms. The van der Waals surface area contributed by atoms with Gasteiger partial charge in [0.25, 0.3) is 0 Å². The standard InChI is InChI=1S/C29H60N4/c30-21-11-22-31-25-26-32-23-12-24-33-29(19-9-7-17-27-13-3-1-4-14-27)20-10-8-18-28-15-5-2-6-16-28/h27-29,31-33H,1-26,30H2. The second-order valence-electron chi connectivity index (χ2n) is 11.2. The van der Waals surface area contributed by atoms with Crippen molar-refractivity contribution in [1.29, 1.82) is 0 Å². The molecule has 196 valence electrons. The van der Waals surface area contributed by atoms with E-state index in [9.17, 15) is 0 Å². The summed E-state index contributed by atoms with van der Waals surface area (Å²) in [5.41, 5.74) is 5.53. The molecule has 0 aromatic heterocycles. The van der Waals surface area contributed by atoms with Crippen LogP contribution in [0.3, 0.4) is 0 Å². The van der Waals surface area contributed by atoms with Gasteiger partial charge in [-0.1, -0.05) is 103 Å². The number of nitrogens with two attached hydrogens (primary N) is 1. The van der Waals surface area contributed by atoms with Crippen LogP contribution < -0.4 is 21.7 Å². The minimum Gasteiger partial charge on any atom is -0.330 e. The van der Waals surface area contributed by atoms with Gasteiger partial charge in [-0.15, -0.1) is 0 Å². The molecule has 0 atom stereocenters. The Morgan fingerprint density at radius 1 is 0.545 bits per heavy atom. The van der Waals surface area contributed by atoms with Crippen molar-refractivity contribution in [2.24, 2.45) is 17.6 Å². The molecule has 2 aliphatic rings. The van der Waals surface area contributed by atoms with Crippen molar-refractivity contribution < 1.29 is 0 Å². The quantitative estimate of drug-likeness (QED) is 0.154. The van der Waals surface area contributed by atoms with E-state index >= 15 is 0 Å². The highest BCUT2D eigenvalue weighted by molar-refractivity contribution is 4.71. The molecule has 2 aliphatic carbocycles. The Kier molecular flexibility index (Phi) is 18.6. The molecule has 0 aliphatic heterocycles. The molecule has 0 aromatic rings. The molecule has 0 heterocycles. The van der Waals surface area contributed by atoms with E-state index in [1.807, 2.05) is 0 Å². The first-order chi connectivity index (χ1) is 16.4. The molecular weight excluding hydrogens is 404 g/mol. The Bertz CT molecular complexity index is 378. The molecular formula is C29H60N4. The number of hydrogen-bond acceptors (Lipinski definition) is 4. The molecule has 0 aromatic carbocycles. The van der Waals surface area contributed by atoms with Gasteiger partial charge in [-0.3, -0.25) is 0 Å². The molecule has 0 saturated heterocycles. The molecule has 0 unspecified atom stereocenters. The van der Waals surface area contributed by atoms with Gasteiger partial charge < -0.3 is 21.7 Å². The lowest BCUT2D eigenvalue weighted by Gasteiger charge is -2.23. The Hall–Kier alpha value is -0.160. The zero-order valence-corrected chi connectivity index (χ0v) is 22.2. The fraction of sp³-hybridized carbons (Fsp3) is 1.00. The van der Waals surface area contributed by atoms with Crippen molar-refractivity contribution in [2.75, 3.05) is 39.3 Å². The molecule has 0 radical (unpaired) electrons. The molecule has 4 nitrogen and oxygen atoms in total. The highest BCUT2D eigenvalue weighted by Crippen LogP contribution is 2.29. The van der Waals surface area contributed by atoms with E-state index in [0.717, 1.165) is 57.0 Å². The maximum atomic E-state index is 5.53. The van der Waals surface area contributed by atoms with Crippen molar-refractivity contribution in [3.8, 4) is 0 Å². The minimum atomic E-state index is 0.751. The number of unbranched alkanes of at least 4 members (excludes halogenated alkanes) is 2. The minimum absolute atomic E-state index is 0.751. The summed E-state index contributed by atoms with van der Waals surface area (Å²) in [4.78, 5) is 0. The zero-order valence-electron chi connectivity index (χ0n) is 22.2.